The summed E-state index contributed by atoms with van der Waals surface area (Å²) in [5.74, 6) is -0.675. The first-order valence-electron chi connectivity index (χ1n) is 4.67. The van der Waals surface area contributed by atoms with Gasteiger partial charge in [0.05, 0.1) is 6.54 Å². The van der Waals surface area contributed by atoms with Crippen molar-refractivity contribution in [1.82, 2.24) is 5.32 Å². The van der Waals surface area contributed by atoms with Crippen LogP contribution in [0.1, 0.15) is 5.56 Å². The molecule has 0 spiro atoms. The summed E-state index contributed by atoms with van der Waals surface area (Å²) in [5.41, 5.74) is 5.27. The standard InChI is InChI=1S/C10H11F2N3.ClH/c11-7-3-6(4-8(12)10(7)13)5-9-14-1-2-15-9;/h3-4H,1-2,5,13H2,(H,14,15);1H. The fraction of sp³-hybridized carbons (Fsp3) is 0.300. The molecule has 1 heterocycles. The van der Waals surface area contributed by atoms with E-state index >= 15 is 0 Å². The van der Waals surface area contributed by atoms with E-state index in [2.05, 4.69) is 10.3 Å². The zero-order valence-corrected chi connectivity index (χ0v) is 9.28. The Bertz CT molecular complexity index is 398. The molecule has 0 aromatic heterocycles. The zero-order valence-electron chi connectivity index (χ0n) is 8.46. The van der Waals surface area contributed by atoms with Crippen molar-refractivity contribution in [3.05, 3.63) is 29.3 Å². The van der Waals surface area contributed by atoms with E-state index in [0.717, 1.165) is 18.9 Å². The van der Waals surface area contributed by atoms with Crippen LogP contribution in [0.2, 0.25) is 0 Å². The average molecular weight is 248 g/mol. The van der Waals surface area contributed by atoms with Crippen molar-refractivity contribution in [3.8, 4) is 0 Å². The van der Waals surface area contributed by atoms with Gasteiger partial charge in [0.25, 0.3) is 0 Å². The van der Waals surface area contributed by atoms with Crippen molar-refractivity contribution in [2.75, 3.05) is 18.8 Å². The van der Waals surface area contributed by atoms with Crippen LogP contribution in [0, 0.1) is 11.6 Å². The quantitative estimate of drug-likeness (QED) is 0.779. The minimum absolute atomic E-state index is 0. The lowest BCUT2D eigenvalue weighted by molar-refractivity contribution is 0.589. The summed E-state index contributed by atoms with van der Waals surface area (Å²) >= 11 is 0. The second-order valence-electron chi connectivity index (χ2n) is 3.41. The van der Waals surface area contributed by atoms with Crippen LogP contribution in [0.4, 0.5) is 14.5 Å². The van der Waals surface area contributed by atoms with E-state index in [0.29, 0.717) is 12.0 Å². The Morgan fingerprint density at radius 1 is 1.31 bits per heavy atom. The zero-order chi connectivity index (χ0) is 10.8. The number of rotatable bonds is 2. The van der Waals surface area contributed by atoms with Gasteiger partial charge in [0, 0.05) is 13.0 Å². The van der Waals surface area contributed by atoms with Crippen LogP contribution in [0.5, 0.6) is 0 Å². The molecular formula is C10H12ClF2N3. The number of nitrogens with one attached hydrogen (secondary N) is 1. The van der Waals surface area contributed by atoms with Crippen LogP contribution in [0.3, 0.4) is 0 Å². The fourth-order valence-corrected chi connectivity index (χ4v) is 1.50. The minimum atomic E-state index is -0.719. The molecule has 1 aliphatic rings. The second kappa shape index (κ2) is 5.12. The molecule has 1 aliphatic heterocycles. The van der Waals surface area contributed by atoms with Crippen LogP contribution in [0.25, 0.3) is 0 Å². The maximum atomic E-state index is 13.1. The molecule has 3 N–H and O–H groups in total. The van der Waals surface area contributed by atoms with Crippen LogP contribution in [-0.2, 0) is 6.42 Å². The molecule has 1 aromatic carbocycles. The average Bonchev–Trinajstić information content (AvgIpc) is 2.66. The molecule has 2 rings (SSSR count). The number of anilines is 1. The topological polar surface area (TPSA) is 50.4 Å². The van der Waals surface area contributed by atoms with Gasteiger partial charge in [-0.15, -0.1) is 12.4 Å². The molecular weight excluding hydrogens is 236 g/mol. The number of amidine groups is 1. The highest BCUT2D eigenvalue weighted by atomic mass is 35.5. The lowest BCUT2D eigenvalue weighted by Gasteiger charge is -2.05. The molecule has 0 atom stereocenters. The summed E-state index contributed by atoms with van der Waals surface area (Å²) < 4.78 is 26.2. The first-order chi connectivity index (χ1) is 7.16. The predicted octanol–water partition coefficient (Wildman–Crippen LogP) is 1.51. The monoisotopic (exact) mass is 247 g/mol. The molecule has 0 aliphatic carbocycles. The number of hydrogen-bond donors (Lipinski definition) is 2. The number of halogens is 3. The summed E-state index contributed by atoms with van der Waals surface area (Å²) in [6, 6.07) is 2.47. The van der Waals surface area contributed by atoms with Crippen molar-refractivity contribution in [3.63, 3.8) is 0 Å². The van der Waals surface area contributed by atoms with E-state index in [1.54, 1.807) is 0 Å². The van der Waals surface area contributed by atoms with E-state index in [1.807, 2.05) is 0 Å². The van der Waals surface area contributed by atoms with Crippen LogP contribution in [0.15, 0.2) is 17.1 Å². The molecule has 3 nitrogen and oxygen atoms in total. The van der Waals surface area contributed by atoms with E-state index in [1.165, 1.54) is 12.1 Å². The third-order valence-electron chi connectivity index (χ3n) is 2.25. The lowest BCUT2D eigenvalue weighted by Crippen LogP contribution is -2.20. The van der Waals surface area contributed by atoms with Gasteiger partial charge in [-0.3, -0.25) is 4.99 Å². The first kappa shape index (κ1) is 12.7. The van der Waals surface area contributed by atoms with E-state index in [-0.39, 0.29) is 12.4 Å². The number of aliphatic imine (C=N–C) groups is 1. The van der Waals surface area contributed by atoms with Gasteiger partial charge in [0.15, 0.2) is 0 Å². The SMILES string of the molecule is Cl.Nc1c(F)cc(CC2=NCCN2)cc1F. The van der Waals surface area contributed by atoms with Gasteiger partial charge in [-0.1, -0.05) is 0 Å². The van der Waals surface area contributed by atoms with Gasteiger partial charge in [0.1, 0.15) is 23.2 Å². The summed E-state index contributed by atoms with van der Waals surface area (Å²) in [4.78, 5) is 4.14. The Hall–Kier alpha value is -1.36. The Morgan fingerprint density at radius 3 is 2.44 bits per heavy atom. The maximum Gasteiger partial charge on any atom is 0.149 e. The molecule has 0 radical (unpaired) electrons. The minimum Gasteiger partial charge on any atom is -0.394 e. The molecule has 0 unspecified atom stereocenters. The van der Waals surface area contributed by atoms with E-state index < -0.39 is 17.3 Å². The van der Waals surface area contributed by atoms with Gasteiger partial charge < -0.3 is 11.1 Å². The van der Waals surface area contributed by atoms with Crippen molar-refractivity contribution in [1.29, 1.82) is 0 Å². The highest BCUT2D eigenvalue weighted by Gasteiger charge is 2.11. The third-order valence-corrected chi connectivity index (χ3v) is 2.25. The molecule has 6 heteroatoms. The molecule has 88 valence electrons. The van der Waals surface area contributed by atoms with Gasteiger partial charge in [-0.05, 0) is 17.7 Å². The lowest BCUT2D eigenvalue weighted by atomic mass is 10.1. The second-order valence-corrected chi connectivity index (χ2v) is 3.41. The van der Waals surface area contributed by atoms with E-state index in [4.69, 9.17) is 5.73 Å². The summed E-state index contributed by atoms with van der Waals surface area (Å²) in [6.45, 7) is 1.50. The number of benzene rings is 1. The molecule has 0 amide bonds. The summed E-state index contributed by atoms with van der Waals surface area (Å²) in [6.07, 6.45) is 0.411. The fourth-order valence-electron chi connectivity index (χ4n) is 1.50. The number of nitrogens with zero attached hydrogens (tertiary/aromatic N) is 1. The molecule has 1 aromatic rings. The van der Waals surface area contributed by atoms with Crippen molar-refractivity contribution < 1.29 is 8.78 Å². The highest BCUT2D eigenvalue weighted by Crippen LogP contribution is 2.17. The van der Waals surface area contributed by atoms with Crippen molar-refractivity contribution in [2.45, 2.75) is 6.42 Å². The van der Waals surface area contributed by atoms with Gasteiger partial charge >= 0.3 is 0 Å². The van der Waals surface area contributed by atoms with Crippen LogP contribution in [-0.4, -0.2) is 18.9 Å². The normalized spacial score (nSPS) is 14.0. The molecule has 0 saturated heterocycles. The summed E-state index contributed by atoms with van der Waals surface area (Å²) in [7, 11) is 0. The Kier molecular flexibility index (Phi) is 4.06. The van der Waals surface area contributed by atoms with Crippen molar-refractivity contribution in [2.24, 2.45) is 4.99 Å². The molecule has 0 saturated carbocycles. The third kappa shape index (κ3) is 2.61. The Balaban J connectivity index is 0.00000128. The smallest absolute Gasteiger partial charge is 0.149 e. The number of hydrogen-bond acceptors (Lipinski definition) is 3. The van der Waals surface area contributed by atoms with Crippen LogP contribution < -0.4 is 11.1 Å². The highest BCUT2D eigenvalue weighted by molar-refractivity contribution is 5.86. The van der Waals surface area contributed by atoms with Gasteiger partial charge in [-0.25, -0.2) is 8.78 Å². The van der Waals surface area contributed by atoms with Crippen molar-refractivity contribution >= 4 is 23.9 Å². The molecule has 16 heavy (non-hydrogen) atoms. The first-order valence-corrected chi connectivity index (χ1v) is 4.67. The maximum absolute atomic E-state index is 13.1. The number of nitrogen functional groups attached to an aromatic ring is 1. The molecule has 0 bridgehead atoms. The van der Waals surface area contributed by atoms with E-state index in [9.17, 15) is 8.78 Å². The van der Waals surface area contributed by atoms with Crippen LogP contribution >= 0.6 is 12.4 Å². The predicted molar refractivity (Wildman–Crippen MR) is 62.0 cm³/mol. The van der Waals surface area contributed by atoms with Gasteiger partial charge in [0.2, 0.25) is 0 Å². The Morgan fingerprint density at radius 2 is 1.94 bits per heavy atom. The number of nitrogens with two attached hydrogens (primary N) is 1. The molecule has 0 fully saturated rings. The Labute approximate surface area is 98.2 Å². The largest absolute Gasteiger partial charge is 0.394 e. The van der Waals surface area contributed by atoms with Gasteiger partial charge in [-0.2, -0.15) is 0 Å². The summed E-state index contributed by atoms with van der Waals surface area (Å²) in [5, 5.41) is 3.03.